The van der Waals surface area contributed by atoms with Crippen molar-refractivity contribution in [1.82, 2.24) is 5.32 Å². The van der Waals surface area contributed by atoms with Crippen LogP contribution >= 0.6 is 0 Å². The Balaban J connectivity index is 1.33. The van der Waals surface area contributed by atoms with E-state index in [0.717, 1.165) is 28.0 Å². The Morgan fingerprint density at radius 1 is 0.932 bits per heavy atom. The van der Waals surface area contributed by atoms with Gasteiger partial charge in [0.25, 0.3) is 0 Å². The number of halogens is 1. The summed E-state index contributed by atoms with van der Waals surface area (Å²) in [6.07, 6.45) is -0.937. The molecule has 1 amide bonds. The summed E-state index contributed by atoms with van der Waals surface area (Å²) in [4.78, 5) is 23.2. The van der Waals surface area contributed by atoms with Crippen LogP contribution < -0.4 is 5.32 Å². The van der Waals surface area contributed by atoms with Gasteiger partial charge in [-0.25, -0.2) is 22.4 Å². The number of benzene rings is 4. The summed E-state index contributed by atoms with van der Waals surface area (Å²) in [5, 5.41) is 13.4. The number of hydrogen-bond acceptors (Lipinski definition) is 7. The molecule has 5 rings (SSSR count). The Labute approximate surface area is 253 Å². The highest BCUT2D eigenvalue weighted by Gasteiger charge is 2.25. The molecule has 0 bridgehead atoms. The van der Waals surface area contributed by atoms with Crippen molar-refractivity contribution in [2.75, 3.05) is 6.61 Å². The molecule has 0 aliphatic rings. The fraction of sp³-hybridized carbons (Fsp3) is 0.212. The number of sulfone groups is 1. The highest BCUT2D eigenvalue weighted by atomic mass is 32.2. The summed E-state index contributed by atoms with van der Waals surface area (Å²) in [6, 6.07) is 21.6. The van der Waals surface area contributed by atoms with Crippen molar-refractivity contribution in [1.29, 1.82) is 0 Å². The van der Waals surface area contributed by atoms with Crippen LogP contribution in [-0.4, -0.2) is 43.8 Å². The molecule has 0 saturated heterocycles. The minimum absolute atomic E-state index is 0.00988. The minimum atomic E-state index is -4.11. The second kappa shape index (κ2) is 12.1. The number of fused-ring (bicyclic) bond motifs is 3. The van der Waals surface area contributed by atoms with Crippen LogP contribution in [0.15, 0.2) is 99.1 Å². The van der Waals surface area contributed by atoms with Gasteiger partial charge in [-0.05, 0) is 56.7 Å². The topological polar surface area (TPSA) is 132 Å². The smallest absolute Gasteiger partial charge is 0.408 e. The number of para-hydroxylation sites is 2. The first-order valence-electron chi connectivity index (χ1n) is 13.7. The number of nitrogens with one attached hydrogen (secondary N) is 1. The average molecular weight is 620 g/mol. The van der Waals surface area contributed by atoms with Gasteiger partial charge in [0.05, 0.1) is 23.0 Å². The van der Waals surface area contributed by atoms with Crippen molar-refractivity contribution >= 4 is 43.8 Å². The number of carboxylic acids is 1. The maximum absolute atomic E-state index is 15.0. The van der Waals surface area contributed by atoms with E-state index in [1.54, 1.807) is 32.9 Å². The Hall–Kier alpha value is -4.74. The third kappa shape index (κ3) is 6.58. The first-order chi connectivity index (χ1) is 20.8. The van der Waals surface area contributed by atoms with Crippen molar-refractivity contribution in [3.05, 3.63) is 96.3 Å². The zero-order valence-corrected chi connectivity index (χ0v) is 25.0. The van der Waals surface area contributed by atoms with Crippen molar-refractivity contribution in [2.24, 2.45) is 0 Å². The van der Waals surface area contributed by atoms with E-state index >= 15 is 4.39 Å². The summed E-state index contributed by atoms with van der Waals surface area (Å²) in [5.41, 5.74) is 1.87. The number of amides is 1. The van der Waals surface area contributed by atoms with Crippen LogP contribution in [0.25, 0.3) is 33.1 Å². The molecule has 228 valence electrons. The summed E-state index contributed by atoms with van der Waals surface area (Å²) >= 11 is 0. The number of furan rings is 1. The molecule has 44 heavy (non-hydrogen) atoms. The number of carbonyl (C=O) groups excluding carboxylic acids is 1. The van der Waals surface area contributed by atoms with Gasteiger partial charge in [0, 0.05) is 21.9 Å². The molecule has 0 aliphatic carbocycles. The fourth-order valence-electron chi connectivity index (χ4n) is 4.66. The second-order valence-electron chi connectivity index (χ2n) is 11.1. The second-order valence-corrected chi connectivity index (χ2v) is 13.1. The van der Waals surface area contributed by atoms with Gasteiger partial charge in [-0.3, -0.25) is 0 Å². The van der Waals surface area contributed by atoms with Crippen LogP contribution in [-0.2, 0) is 30.7 Å². The van der Waals surface area contributed by atoms with Crippen LogP contribution in [0.1, 0.15) is 26.3 Å². The summed E-state index contributed by atoms with van der Waals surface area (Å²) in [5.74, 6) is -2.21. The molecule has 0 spiro atoms. The SMILES string of the molecule is CC(C)(C)OC(=O)NC(COCc1ccc(S(=O)(=O)c2cccc(-c3cccc4c3oc3ccccc34)c2)cc1F)C(=O)O. The number of aliphatic carboxylic acids is 1. The summed E-state index contributed by atoms with van der Waals surface area (Å²) in [7, 11) is -4.11. The van der Waals surface area contributed by atoms with Crippen LogP contribution in [0.5, 0.6) is 0 Å². The molecule has 1 aromatic heterocycles. The number of carboxylic acid groups (broad SMARTS) is 1. The van der Waals surface area contributed by atoms with E-state index in [0.29, 0.717) is 11.1 Å². The van der Waals surface area contributed by atoms with Crippen molar-refractivity contribution in [2.45, 2.75) is 48.8 Å². The molecular weight excluding hydrogens is 589 g/mol. The number of ether oxygens (including phenoxy) is 2. The summed E-state index contributed by atoms with van der Waals surface area (Å²) < 4.78 is 58.6. The third-order valence-electron chi connectivity index (χ3n) is 6.73. The molecule has 4 aromatic carbocycles. The van der Waals surface area contributed by atoms with Crippen LogP contribution in [0.3, 0.4) is 0 Å². The quantitative estimate of drug-likeness (QED) is 0.186. The van der Waals surface area contributed by atoms with Gasteiger partial charge in [-0.15, -0.1) is 0 Å². The molecule has 0 saturated carbocycles. The lowest BCUT2D eigenvalue weighted by molar-refractivity contribution is -0.141. The van der Waals surface area contributed by atoms with Crippen LogP contribution in [0, 0.1) is 5.82 Å². The maximum Gasteiger partial charge on any atom is 0.408 e. The van der Waals surface area contributed by atoms with Gasteiger partial charge in [0.2, 0.25) is 9.84 Å². The zero-order chi connectivity index (χ0) is 31.6. The molecule has 9 nitrogen and oxygen atoms in total. The largest absolute Gasteiger partial charge is 0.480 e. The Morgan fingerprint density at radius 2 is 1.64 bits per heavy atom. The van der Waals surface area contributed by atoms with Gasteiger partial charge in [0.1, 0.15) is 22.6 Å². The monoisotopic (exact) mass is 619 g/mol. The van der Waals surface area contributed by atoms with Crippen molar-refractivity contribution < 1.29 is 41.4 Å². The van der Waals surface area contributed by atoms with E-state index in [1.807, 2.05) is 42.5 Å². The molecule has 5 aromatic rings. The molecule has 1 unspecified atom stereocenters. The van der Waals surface area contributed by atoms with Crippen molar-refractivity contribution in [3.63, 3.8) is 0 Å². The van der Waals surface area contributed by atoms with E-state index in [4.69, 9.17) is 13.9 Å². The van der Waals surface area contributed by atoms with Gasteiger partial charge in [-0.1, -0.05) is 54.6 Å². The Morgan fingerprint density at radius 3 is 2.36 bits per heavy atom. The lowest BCUT2D eigenvalue weighted by Gasteiger charge is -2.22. The Kier molecular flexibility index (Phi) is 8.44. The normalized spacial score (nSPS) is 12.7. The fourth-order valence-corrected chi connectivity index (χ4v) is 5.98. The lowest BCUT2D eigenvalue weighted by atomic mass is 10.0. The van der Waals surface area contributed by atoms with Crippen LogP contribution in [0.2, 0.25) is 0 Å². The first-order valence-corrected chi connectivity index (χ1v) is 15.2. The highest BCUT2D eigenvalue weighted by molar-refractivity contribution is 7.91. The third-order valence-corrected chi connectivity index (χ3v) is 8.47. The number of hydrogen-bond donors (Lipinski definition) is 2. The number of rotatable bonds is 9. The number of carbonyl (C=O) groups is 2. The van der Waals surface area contributed by atoms with Crippen LogP contribution in [0.4, 0.5) is 9.18 Å². The summed E-state index contributed by atoms with van der Waals surface area (Å²) in [6.45, 7) is 4.06. The molecule has 1 atom stereocenters. The molecule has 11 heteroatoms. The van der Waals surface area contributed by atoms with E-state index in [1.165, 1.54) is 24.3 Å². The van der Waals surface area contributed by atoms with Gasteiger partial charge < -0.3 is 24.3 Å². The van der Waals surface area contributed by atoms with Crippen molar-refractivity contribution in [3.8, 4) is 11.1 Å². The predicted octanol–water partition coefficient (Wildman–Crippen LogP) is 6.72. The highest BCUT2D eigenvalue weighted by Crippen LogP contribution is 2.36. The van der Waals surface area contributed by atoms with E-state index in [9.17, 15) is 23.1 Å². The average Bonchev–Trinajstić information content (AvgIpc) is 3.35. The minimum Gasteiger partial charge on any atom is -0.480 e. The van der Waals surface area contributed by atoms with Gasteiger partial charge in [0.15, 0.2) is 6.04 Å². The molecule has 2 N–H and O–H groups in total. The van der Waals surface area contributed by atoms with Gasteiger partial charge >= 0.3 is 12.1 Å². The zero-order valence-electron chi connectivity index (χ0n) is 24.2. The van der Waals surface area contributed by atoms with E-state index in [-0.39, 0.29) is 22.0 Å². The molecule has 0 fully saturated rings. The first kappa shape index (κ1) is 30.7. The molecule has 1 heterocycles. The van der Waals surface area contributed by atoms with E-state index in [2.05, 4.69) is 5.32 Å². The van der Waals surface area contributed by atoms with E-state index < -0.39 is 46.0 Å². The standard InChI is InChI=1S/C33H30FNO8S/c1-33(2,3)43-32(38)35-28(31(36)37)19-41-18-21-14-15-23(17-27(21)34)44(39,40)22-9-6-8-20(16-22)24-11-7-12-26-25-10-4-5-13-29(25)42-30(24)26/h4-17,28H,18-19H2,1-3H3,(H,35,38)(H,36,37). The Bertz CT molecular complexity index is 1980. The lowest BCUT2D eigenvalue weighted by Crippen LogP contribution is -2.46. The van der Waals surface area contributed by atoms with Gasteiger partial charge in [-0.2, -0.15) is 0 Å². The predicted molar refractivity (Wildman–Crippen MR) is 161 cm³/mol. The molecular formula is C33H30FNO8S. The molecule has 0 aliphatic heterocycles. The molecule has 0 radical (unpaired) electrons. The number of alkyl carbamates (subject to hydrolysis) is 1. The maximum atomic E-state index is 15.0.